The topological polar surface area (TPSA) is 47.6 Å². The quantitative estimate of drug-likeness (QED) is 0.670. The van der Waals surface area contributed by atoms with Crippen LogP contribution in [0.15, 0.2) is 60.7 Å². The molecule has 0 aliphatic heterocycles. The second-order valence-corrected chi connectivity index (χ2v) is 2.73. The Hall–Kier alpha value is -2.58. The summed E-state index contributed by atoms with van der Waals surface area (Å²) in [5.74, 6) is 0. The maximum atomic E-state index is 6.25. The summed E-state index contributed by atoms with van der Waals surface area (Å²) < 4.78 is 0. The number of nitrogens with zero attached hydrogens (tertiary/aromatic N) is 2. The minimum Gasteiger partial charge on any atom is -0.512 e. The Kier molecular flexibility index (Phi) is 7.54. The lowest BCUT2D eigenvalue weighted by Gasteiger charge is -1.98. The molecule has 0 atom stereocenters. The Morgan fingerprint density at radius 2 is 0.750 bits per heavy atom. The predicted molar refractivity (Wildman–Crippen MR) is 61.8 cm³/mol. The maximum Gasteiger partial charge on any atom is -0.0184 e. The summed E-state index contributed by atoms with van der Waals surface area (Å²) >= 11 is 0. The minimum absolute atomic E-state index is 1.28. The van der Waals surface area contributed by atoms with Crippen molar-refractivity contribution < 1.29 is 0 Å². The summed E-state index contributed by atoms with van der Waals surface area (Å²) in [6.45, 7) is 9.50. The van der Waals surface area contributed by atoms with Gasteiger partial charge in [-0.15, -0.1) is 0 Å². The van der Waals surface area contributed by atoms with Crippen molar-refractivity contribution in [3.63, 3.8) is 0 Å². The van der Waals surface area contributed by atoms with Crippen molar-refractivity contribution in [1.82, 2.24) is 0 Å². The summed E-state index contributed by atoms with van der Waals surface area (Å²) in [5.41, 5.74) is 2.55. The lowest BCUT2D eigenvalue weighted by molar-refractivity contribution is 1.53. The van der Waals surface area contributed by atoms with Crippen molar-refractivity contribution >= 4 is 0 Å². The first kappa shape index (κ1) is 13.4. The van der Waals surface area contributed by atoms with E-state index in [1.165, 1.54) is 11.1 Å². The zero-order chi connectivity index (χ0) is 12.2. The summed E-state index contributed by atoms with van der Waals surface area (Å²) in [6, 6.07) is 20.8. The van der Waals surface area contributed by atoms with Crippen molar-refractivity contribution in [1.29, 1.82) is 10.5 Å². The van der Waals surface area contributed by atoms with Gasteiger partial charge in [0.1, 0.15) is 0 Å². The molecule has 16 heavy (non-hydrogen) atoms. The van der Waals surface area contributed by atoms with Gasteiger partial charge in [0.15, 0.2) is 0 Å². The van der Waals surface area contributed by atoms with Gasteiger partial charge in [-0.3, -0.25) is 0 Å². The van der Waals surface area contributed by atoms with E-state index in [9.17, 15) is 0 Å². The van der Waals surface area contributed by atoms with E-state index < -0.39 is 0 Å². The molecule has 2 nitrogen and oxygen atoms in total. The predicted octanol–water partition coefficient (Wildman–Crippen LogP) is 3.55. The minimum atomic E-state index is 1.28. The van der Waals surface area contributed by atoms with E-state index in [0.29, 0.717) is 0 Å². The second-order valence-electron chi connectivity index (χ2n) is 2.73. The normalized spacial score (nSPS) is 7.50. The van der Waals surface area contributed by atoms with Crippen LogP contribution >= 0.6 is 0 Å². The van der Waals surface area contributed by atoms with Gasteiger partial charge >= 0.3 is 0 Å². The van der Waals surface area contributed by atoms with Crippen molar-refractivity contribution in [2.75, 3.05) is 0 Å². The summed E-state index contributed by atoms with van der Waals surface area (Å²) in [6.07, 6.45) is 0. The van der Waals surface area contributed by atoms with E-state index in [0.717, 1.165) is 0 Å². The Morgan fingerprint density at radius 3 is 1.00 bits per heavy atom. The highest BCUT2D eigenvalue weighted by Gasteiger charge is 1.91. The maximum absolute atomic E-state index is 6.25. The molecule has 0 bridgehead atoms. The van der Waals surface area contributed by atoms with Crippen LogP contribution in [0.1, 0.15) is 0 Å². The van der Waals surface area contributed by atoms with Crippen LogP contribution in [0.2, 0.25) is 0 Å². The van der Waals surface area contributed by atoms with Crippen molar-refractivity contribution in [2.24, 2.45) is 0 Å². The average molecular weight is 206 g/mol. The van der Waals surface area contributed by atoms with Gasteiger partial charge in [-0.25, -0.2) is 0 Å². The summed E-state index contributed by atoms with van der Waals surface area (Å²) in [7, 11) is 0. The summed E-state index contributed by atoms with van der Waals surface area (Å²) in [5, 5.41) is 12.5. The van der Waals surface area contributed by atoms with Crippen LogP contribution in [0.3, 0.4) is 0 Å². The van der Waals surface area contributed by atoms with Crippen LogP contribution in [-0.2, 0) is 0 Å². The van der Waals surface area contributed by atoms with Gasteiger partial charge in [-0.1, -0.05) is 60.7 Å². The highest BCUT2D eigenvalue weighted by Crippen LogP contribution is 2.17. The van der Waals surface area contributed by atoms with Crippen LogP contribution in [-0.4, -0.2) is 0 Å². The Balaban J connectivity index is 0.000000509. The van der Waals surface area contributed by atoms with Crippen molar-refractivity contribution in [2.45, 2.75) is 0 Å². The van der Waals surface area contributed by atoms with Gasteiger partial charge in [0, 0.05) is 0 Å². The molecule has 0 radical (unpaired) electrons. The standard InChI is InChI=1S/C12H10.2CN/c1-3-7-11(8-4-1)12-9-5-2-6-10-12;2*1-2/h1-10H;;/q;2*-1. The summed E-state index contributed by atoms with van der Waals surface area (Å²) in [4.78, 5) is 0. The third-order valence-electron chi connectivity index (χ3n) is 1.88. The first-order chi connectivity index (χ1) is 7.97. The van der Waals surface area contributed by atoms with Crippen LogP contribution in [0.25, 0.3) is 11.1 Å². The van der Waals surface area contributed by atoms with Crippen LogP contribution in [0.5, 0.6) is 0 Å². The molecule has 0 saturated carbocycles. The molecule has 0 heterocycles. The number of hydrogen-bond donors (Lipinski definition) is 0. The third-order valence-corrected chi connectivity index (χ3v) is 1.88. The Labute approximate surface area is 96.0 Å². The van der Waals surface area contributed by atoms with Gasteiger partial charge in [-0.2, -0.15) is 0 Å². The molecular formula is C14H10N2-2. The third kappa shape index (κ3) is 4.09. The molecule has 0 saturated heterocycles. The van der Waals surface area contributed by atoms with Crippen LogP contribution < -0.4 is 0 Å². The van der Waals surface area contributed by atoms with E-state index in [2.05, 4.69) is 48.5 Å². The fourth-order valence-electron chi connectivity index (χ4n) is 1.26. The SMILES string of the molecule is [C-]#N.[C-]#N.c1ccc(-c2ccccc2)cc1. The molecule has 0 N–H and O–H groups in total. The zero-order valence-electron chi connectivity index (χ0n) is 8.67. The molecule has 2 heteroatoms. The molecule has 0 unspecified atom stereocenters. The molecule has 0 aliphatic rings. The molecule has 0 amide bonds. The molecule has 2 rings (SSSR count). The second kappa shape index (κ2) is 8.99. The lowest BCUT2D eigenvalue weighted by atomic mass is 10.1. The highest BCUT2D eigenvalue weighted by molar-refractivity contribution is 5.62. The fraction of sp³-hybridized carbons (Fsp3) is 0. The smallest absolute Gasteiger partial charge is 0.0184 e. The molecule has 2 aromatic carbocycles. The van der Waals surface area contributed by atoms with E-state index >= 15 is 0 Å². The lowest BCUT2D eigenvalue weighted by Crippen LogP contribution is -1.73. The fourth-order valence-corrected chi connectivity index (χ4v) is 1.26. The average Bonchev–Trinajstić information content (AvgIpc) is 2.45. The largest absolute Gasteiger partial charge is 0.512 e. The van der Waals surface area contributed by atoms with E-state index in [1.54, 1.807) is 0 Å². The van der Waals surface area contributed by atoms with E-state index in [-0.39, 0.29) is 0 Å². The van der Waals surface area contributed by atoms with Crippen LogP contribution in [0.4, 0.5) is 0 Å². The first-order valence-electron chi connectivity index (χ1n) is 4.52. The van der Waals surface area contributed by atoms with Crippen molar-refractivity contribution in [3.05, 3.63) is 73.8 Å². The zero-order valence-corrected chi connectivity index (χ0v) is 8.67. The molecular weight excluding hydrogens is 196 g/mol. The van der Waals surface area contributed by atoms with Gasteiger partial charge < -0.3 is 23.7 Å². The number of benzene rings is 2. The van der Waals surface area contributed by atoms with Gasteiger partial charge in [0.25, 0.3) is 0 Å². The molecule has 0 fully saturated rings. The molecule has 0 aromatic heterocycles. The van der Waals surface area contributed by atoms with E-state index in [1.807, 2.05) is 12.1 Å². The number of rotatable bonds is 1. The molecule has 2 aromatic rings. The highest BCUT2D eigenvalue weighted by atomic mass is 14.2. The van der Waals surface area contributed by atoms with Crippen LogP contribution in [0, 0.1) is 23.7 Å². The van der Waals surface area contributed by atoms with Crippen molar-refractivity contribution in [3.8, 4) is 11.1 Å². The molecule has 78 valence electrons. The van der Waals surface area contributed by atoms with Gasteiger partial charge in [-0.05, 0) is 11.1 Å². The monoisotopic (exact) mass is 206 g/mol. The van der Waals surface area contributed by atoms with Gasteiger partial charge in [0.05, 0.1) is 0 Å². The Bertz CT molecular complexity index is 372. The Morgan fingerprint density at radius 1 is 0.500 bits per heavy atom. The van der Waals surface area contributed by atoms with Gasteiger partial charge in [0.2, 0.25) is 0 Å². The number of hydrogen-bond acceptors (Lipinski definition) is 2. The molecule has 0 aliphatic carbocycles. The molecule has 0 spiro atoms. The van der Waals surface area contributed by atoms with E-state index in [4.69, 9.17) is 23.7 Å². The first-order valence-corrected chi connectivity index (χ1v) is 4.52.